The van der Waals surface area contributed by atoms with Gasteiger partial charge in [-0.25, -0.2) is 8.78 Å². The summed E-state index contributed by atoms with van der Waals surface area (Å²) in [6, 6.07) is 8.48. The second-order valence-corrected chi connectivity index (χ2v) is 8.46. The Kier molecular flexibility index (Phi) is 7.23. The van der Waals surface area contributed by atoms with Gasteiger partial charge in [0.2, 0.25) is 0 Å². The van der Waals surface area contributed by atoms with Crippen LogP contribution in [0, 0.1) is 17.6 Å². The summed E-state index contributed by atoms with van der Waals surface area (Å²) in [6.07, 6.45) is 4.22. The molecular weight excluding hydrogens is 460 g/mol. The Hall–Kier alpha value is -4.02. The number of nitrogens with one attached hydrogen (secondary N) is 2. The van der Waals surface area contributed by atoms with Crippen molar-refractivity contribution >= 4 is 35.0 Å². The zero-order valence-electron chi connectivity index (χ0n) is 19.0. The van der Waals surface area contributed by atoms with E-state index < -0.39 is 17.5 Å². The van der Waals surface area contributed by atoms with Crippen molar-refractivity contribution in [2.45, 2.75) is 38.0 Å². The SMILES string of the molecule is COC(=O)CC1CCC(c2ccc(NC(=O)c3nnc(Nc4ccc(F)c(F)c4)o3)c(N)c2)CC1. The minimum absolute atomic E-state index is 0.160. The number of nitrogens with zero attached hydrogens (tertiary/aromatic N) is 2. The predicted molar refractivity (Wildman–Crippen MR) is 124 cm³/mol. The van der Waals surface area contributed by atoms with Gasteiger partial charge in [-0.3, -0.25) is 9.59 Å². The Balaban J connectivity index is 1.35. The summed E-state index contributed by atoms with van der Waals surface area (Å²) in [6.45, 7) is 0. The molecule has 1 aliphatic rings. The van der Waals surface area contributed by atoms with Crippen molar-refractivity contribution in [3.05, 3.63) is 59.5 Å². The number of halogens is 2. The molecule has 9 nitrogen and oxygen atoms in total. The second-order valence-electron chi connectivity index (χ2n) is 8.46. The number of methoxy groups -OCH3 is 1. The zero-order valence-corrected chi connectivity index (χ0v) is 19.0. The number of hydrogen-bond acceptors (Lipinski definition) is 8. The van der Waals surface area contributed by atoms with Crippen LogP contribution in [0.25, 0.3) is 0 Å². The van der Waals surface area contributed by atoms with Gasteiger partial charge in [-0.1, -0.05) is 11.2 Å². The maximum atomic E-state index is 13.3. The molecule has 1 fully saturated rings. The molecule has 0 radical (unpaired) electrons. The van der Waals surface area contributed by atoms with Crippen LogP contribution in [0.1, 0.15) is 54.3 Å². The van der Waals surface area contributed by atoms with Crippen molar-refractivity contribution in [1.29, 1.82) is 0 Å². The molecule has 0 bridgehead atoms. The standard InChI is InChI=1S/C24H25F2N5O4/c1-34-21(32)10-13-2-4-14(5-3-13)15-6-9-20(19(27)11-15)29-22(33)23-30-31-24(35-23)28-16-7-8-17(25)18(26)12-16/h6-9,11-14H,2-5,10,27H2,1H3,(H,28,31)(H,29,33). The first-order chi connectivity index (χ1) is 16.8. The molecule has 1 aromatic heterocycles. The molecule has 0 unspecified atom stereocenters. The molecule has 3 aromatic rings. The first kappa shape index (κ1) is 24.1. The van der Waals surface area contributed by atoms with Crippen LogP contribution >= 0.6 is 0 Å². The van der Waals surface area contributed by atoms with Crippen LogP contribution in [0.2, 0.25) is 0 Å². The van der Waals surface area contributed by atoms with E-state index >= 15 is 0 Å². The van der Waals surface area contributed by atoms with E-state index in [0.717, 1.165) is 43.4 Å². The minimum Gasteiger partial charge on any atom is -0.469 e. The molecular formula is C24H25F2N5O4. The fourth-order valence-electron chi connectivity index (χ4n) is 4.21. The monoisotopic (exact) mass is 485 g/mol. The normalized spacial score (nSPS) is 17.6. The lowest BCUT2D eigenvalue weighted by atomic mass is 9.77. The lowest BCUT2D eigenvalue weighted by Gasteiger charge is -2.28. The van der Waals surface area contributed by atoms with E-state index in [0.29, 0.717) is 29.6 Å². The molecule has 1 saturated carbocycles. The molecule has 0 spiro atoms. The van der Waals surface area contributed by atoms with Gasteiger partial charge >= 0.3 is 23.8 Å². The number of carbonyl (C=O) groups excluding carboxylic acids is 2. The van der Waals surface area contributed by atoms with Crippen molar-refractivity contribution in [3.63, 3.8) is 0 Å². The van der Waals surface area contributed by atoms with E-state index in [1.165, 1.54) is 13.2 Å². The molecule has 4 N–H and O–H groups in total. The Morgan fingerprint density at radius 2 is 1.86 bits per heavy atom. The van der Waals surface area contributed by atoms with Gasteiger partial charge in [-0.2, -0.15) is 0 Å². The highest BCUT2D eigenvalue weighted by atomic mass is 19.2. The van der Waals surface area contributed by atoms with Gasteiger partial charge in [0.1, 0.15) is 0 Å². The van der Waals surface area contributed by atoms with E-state index in [4.69, 9.17) is 14.9 Å². The molecule has 0 saturated heterocycles. The molecule has 11 heteroatoms. The zero-order chi connectivity index (χ0) is 24.9. The number of esters is 1. The van der Waals surface area contributed by atoms with E-state index in [2.05, 4.69) is 20.8 Å². The molecule has 184 valence electrons. The van der Waals surface area contributed by atoms with E-state index in [9.17, 15) is 18.4 Å². The minimum atomic E-state index is -1.04. The highest BCUT2D eigenvalue weighted by Crippen LogP contribution is 2.38. The Morgan fingerprint density at radius 3 is 2.54 bits per heavy atom. The number of hydrogen-bond donors (Lipinski definition) is 3. The maximum Gasteiger partial charge on any atom is 0.320 e. The van der Waals surface area contributed by atoms with Crippen LogP contribution in [-0.2, 0) is 9.53 Å². The lowest BCUT2D eigenvalue weighted by molar-refractivity contribution is -0.142. The van der Waals surface area contributed by atoms with Gasteiger partial charge in [0.15, 0.2) is 11.6 Å². The molecule has 1 aliphatic carbocycles. The van der Waals surface area contributed by atoms with Gasteiger partial charge in [-0.15, -0.1) is 5.10 Å². The molecule has 0 aliphatic heterocycles. The third-order valence-corrected chi connectivity index (χ3v) is 6.12. The smallest absolute Gasteiger partial charge is 0.320 e. The first-order valence-corrected chi connectivity index (χ1v) is 11.2. The van der Waals surface area contributed by atoms with Gasteiger partial charge in [0.05, 0.1) is 18.5 Å². The van der Waals surface area contributed by atoms with Crippen LogP contribution in [0.4, 0.5) is 31.9 Å². The summed E-state index contributed by atoms with van der Waals surface area (Å²) in [5, 5.41) is 12.6. The van der Waals surface area contributed by atoms with E-state index in [1.54, 1.807) is 6.07 Å². The van der Waals surface area contributed by atoms with Crippen molar-refractivity contribution < 1.29 is 27.5 Å². The molecule has 4 rings (SSSR count). The Labute approximate surface area is 200 Å². The van der Waals surface area contributed by atoms with Gasteiger partial charge in [0, 0.05) is 18.2 Å². The molecule has 1 heterocycles. The highest BCUT2D eigenvalue weighted by molar-refractivity contribution is 6.02. The van der Waals surface area contributed by atoms with Gasteiger partial charge in [-0.05, 0) is 67.3 Å². The Bertz CT molecular complexity index is 1220. The number of nitrogens with two attached hydrogens (primary N) is 1. The maximum absolute atomic E-state index is 13.3. The third kappa shape index (κ3) is 5.92. The number of nitrogen functional groups attached to an aromatic ring is 1. The number of rotatable bonds is 7. The Morgan fingerprint density at radius 1 is 1.09 bits per heavy atom. The summed E-state index contributed by atoms with van der Waals surface area (Å²) >= 11 is 0. The topological polar surface area (TPSA) is 132 Å². The largest absolute Gasteiger partial charge is 0.469 e. The first-order valence-electron chi connectivity index (χ1n) is 11.2. The van der Waals surface area contributed by atoms with Crippen molar-refractivity contribution in [2.75, 3.05) is 23.5 Å². The van der Waals surface area contributed by atoms with Gasteiger partial charge < -0.3 is 25.5 Å². The van der Waals surface area contributed by atoms with E-state index in [1.807, 2.05) is 12.1 Å². The summed E-state index contributed by atoms with van der Waals surface area (Å²) in [7, 11) is 1.40. The third-order valence-electron chi connectivity index (χ3n) is 6.12. The number of benzene rings is 2. The molecule has 0 atom stereocenters. The highest BCUT2D eigenvalue weighted by Gasteiger charge is 2.25. The summed E-state index contributed by atoms with van der Waals surface area (Å²) in [5.74, 6) is -2.54. The lowest BCUT2D eigenvalue weighted by Crippen LogP contribution is -2.17. The molecule has 35 heavy (non-hydrogen) atoms. The quantitative estimate of drug-likeness (QED) is 0.322. The fourth-order valence-corrected chi connectivity index (χ4v) is 4.21. The predicted octanol–water partition coefficient (Wildman–Crippen LogP) is 4.76. The fraction of sp³-hybridized carbons (Fsp3) is 0.333. The number of amides is 1. The molecule has 1 amide bonds. The summed E-state index contributed by atoms with van der Waals surface area (Å²) < 4.78 is 36.4. The molecule has 2 aromatic carbocycles. The number of aromatic nitrogens is 2. The van der Waals surface area contributed by atoms with Crippen LogP contribution in [-0.4, -0.2) is 29.2 Å². The number of carbonyl (C=O) groups is 2. The number of ether oxygens (including phenoxy) is 1. The summed E-state index contributed by atoms with van der Waals surface area (Å²) in [5.41, 5.74) is 8.22. The van der Waals surface area contributed by atoms with Crippen LogP contribution in [0.5, 0.6) is 0 Å². The average molecular weight is 485 g/mol. The van der Waals surface area contributed by atoms with Crippen molar-refractivity contribution in [3.8, 4) is 0 Å². The van der Waals surface area contributed by atoms with Crippen molar-refractivity contribution in [2.24, 2.45) is 5.92 Å². The van der Waals surface area contributed by atoms with Gasteiger partial charge in [0.25, 0.3) is 0 Å². The average Bonchev–Trinajstić information content (AvgIpc) is 3.32. The van der Waals surface area contributed by atoms with Crippen LogP contribution < -0.4 is 16.4 Å². The number of anilines is 4. The van der Waals surface area contributed by atoms with Crippen molar-refractivity contribution in [1.82, 2.24) is 10.2 Å². The second kappa shape index (κ2) is 10.5. The van der Waals surface area contributed by atoms with E-state index in [-0.39, 0.29) is 23.6 Å². The van der Waals surface area contributed by atoms with Crippen LogP contribution in [0.3, 0.4) is 0 Å². The summed E-state index contributed by atoms with van der Waals surface area (Å²) in [4.78, 5) is 24.0. The van der Waals surface area contributed by atoms with Crippen LogP contribution in [0.15, 0.2) is 40.8 Å².